The number of aromatic nitrogens is 3. The van der Waals surface area contributed by atoms with Crippen LogP contribution < -0.4 is 0 Å². The minimum Gasteiger partial charge on any atom is -0.211 e. The van der Waals surface area contributed by atoms with E-state index in [-0.39, 0.29) is 0 Å². The molecule has 1 aliphatic carbocycles. The third kappa shape index (κ3) is 1.57. The van der Waals surface area contributed by atoms with Crippen LogP contribution in [0.15, 0.2) is 41.7 Å². The third-order valence-electron chi connectivity index (χ3n) is 3.02. The molecule has 1 fully saturated rings. The highest BCUT2D eigenvalue weighted by molar-refractivity contribution is 5.50. The first kappa shape index (κ1) is 9.93. The molecule has 0 bridgehead atoms. The van der Waals surface area contributed by atoms with E-state index in [0.717, 1.165) is 24.1 Å². The topological polar surface area (TPSA) is 60.1 Å². The Bertz CT molecular complexity index is 580. The second kappa shape index (κ2) is 3.64. The van der Waals surface area contributed by atoms with Gasteiger partial charge in [0.15, 0.2) is 0 Å². The molecular formula is C12H10N4O. The molecule has 0 amide bonds. The van der Waals surface area contributed by atoms with E-state index in [9.17, 15) is 4.79 Å². The zero-order valence-corrected chi connectivity index (χ0v) is 9.08. The van der Waals surface area contributed by atoms with Crippen LogP contribution >= 0.6 is 0 Å². The fraction of sp³-hybridized carbons (Fsp3) is 0.250. The first-order valence-corrected chi connectivity index (χ1v) is 5.41. The van der Waals surface area contributed by atoms with Crippen molar-refractivity contribution in [2.24, 2.45) is 4.99 Å². The summed E-state index contributed by atoms with van der Waals surface area (Å²) in [5.41, 5.74) is 1.46. The molecule has 3 rings (SSSR count). The van der Waals surface area contributed by atoms with Gasteiger partial charge in [-0.1, -0.05) is 18.2 Å². The molecule has 0 N–H and O–H groups in total. The standard InChI is InChI=1S/C12H10N4O/c17-9-13-12(5-6-12)10-3-1-2-4-11(10)16-14-7-8-15-16/h1-4,7-8H,5-6H2. The van der Waals surface area contributed by atoms with Gasteiger partial charge in [-0.3, -0.25) is 0 Å². The van der Waals surface area contributed by atoms with Gasteiger partial charge in [0.2, 0.25) is 6.08 Å². The summed E-state index contributed by atoms with van der Waals surface area (Å²) < 4.78 is 0. The number of carbonyl (C=O) groups excluding carboxylic acids is 1. The van der Waals surface area contributed by atoms with E-state index in [2.05, 4.69) is 15.2 Å². The van der Waals surface area contributed by atoms with Crippen molar-refractivity contribution in [2.75, 3.05) is 0 Å². The summed E-state index contributed by atoms with van der Waals surface area (Å²) in [6, 6.07) is 7.74. The Labute approximate surface area is 97.8 Å². The van der Waals surface area contributed by atoms with Crippen LogP contribution in [0.5, 0.6) is 0 Å². The third-order valence-corrected chi connectivity index (χ3v) is 3.02. The van der Waals surface area contributed by atoms with Crippen molar-refractivity contribution in [3.05, 3.63) is 42.2 Å². The van der Waals surface area contributed by atoms with E-state index in [0.29, 0.717) is 0 Å². The predicted molar refractivity (Wildman–Crippen MR) is 60.4 cm³/mol. The van der Waals surface area contributed by atoms with Crippen molar-refractivity contribution in [1.29, 1.82) is 0 Å². The first-order chi connectivity index (χ1) is 8.36. The smallest absolute Gasteiger partial charge is 0.211 e. The number of rotatable bonds is 3. The van der Waals surface area contributed by atoms with E-state index in [1.807, 2.05) is 24.3 Å². The average molecular weight is 226 g/mol. The molecule has 0 spiro atoms. The highest BCUT2D eigenvalue weighted by atomic mass is 16.1. The zero-order chi connectivity index (χ0) is 11.7. The fourth-order valence-electron chi connectivity index (χ4n) is 2.03. The number of isocyanates is 1. The van der Waals surface area contributed by atoms with Crippen LogP contribution in [0.25, 0.3) is 5.69 Å². The van der Waals surface area contributed by atoms with Crippen molar-refractivity contribution < 1.29 is 4.79 Å². The summed E-state index contributed by atoms with van der Waals surface area (Å²) >= 11 is 0. The molecule has 84 valence electrons. The number of nitrogens with zero attached hydrogens (tertiary/aromatic N) is 4. The molecule has 1 aromatic carbocycles. The van der Waals surface area contributed by atoms with Gasteiger partial charge < -0.3 is 0 Å². The fourth-order valence-corrected chi connectivity index (χ4v) is 2.03. The van der Waals surface area contributed by atoms with Crippen LogP contribution in [0.2, 0.25) is 0 Å². The van der Waals surface area contributed by atoms with Gasteiger partial charge in [0.05, 0.1) is 18.1 Å². The van der Waals surface area contributed by atoms with Gasteiger partial charge >= 0.3 is 0 Å². The van der Waals surface area contributed by atoms with Gasteiger partial charge in [-0.05, 0) is 18.9 Å². The summed E-state index contributed by atoms with van der Waals surface area (Å²) in [6.45, 7) is 0. The highest BCUT2D eigenvalue weighted by Gasteiger charge is 2.46. The molecule has 5 nitrogen and oxygen atoms in total. The molecular weight excluding hydrogens is 216 g/mol. The lowest BCUT2D eigenvalue weighted by atomic mass is 10.0. The Balaban J connectivity index is 2.15. The van der Waals surface area contributed by atoms with Crippen molar-refractivity contribution in [2.45, 2.75) is 18.4 Å². The van der Waals surface area contributed by atoms with Gasteiger partial charge in [-0.15, -0.1) is 0 Å². The highest BCUT2D eigenvalue weighted by Crippen LogP contribution is 2.50. The van der Waals surface area contributed by atoms with Crippen molar-refractivity contribution in [3.63, 3.8) is 0 Å². The number of aliphatic imine (C=N–C) groups is 1. The number of para-hydroxylation sites is 1. The first-order valence-electron chi connectivity index (χ1n) is 5.41. The Morgan fingerprint density at radius 3 is 2.59 bits per heavy atom. The van der Waals surface area contributed by atoms with E-state index >= 15 is 0 Å². The largest absolute Gasteiger partial charge is 0.235 e. The lowest BCUT2D eigenvalue weighted by Crippen LogP contribution is -2.10. The molecule has 0 saturated heterocycles. The van der Waals surface area contributed by atoms with Gasteiger partial charge in [-0.2, -0.15) is 20.0 Å². The molecule has 0 aliphatic heterocycles. The quantitative estimate of drug-likeness (QED) is 0.589. The van der Waals surface area contributed by atoms with Crippen LogP contribution in [0.1, 0.15) is 18.4 Å². The summed E-state index contributed by atoms with van der Waals surface area (Å²) in [5.74, 6) is 0. The molecule has 1 aromatic heterocycles. The monoisotopic (exact) mass is 226 g/mol. The van der Waals surface area contributed by atoms with Crippen LogP contribution in [-0.2, 0) is 10.3 Å². The van der Waals surface area contributed by atoms with E-state index in [1.54, 1.807) is 23.3 Å². The van der Waals surface area contributed by atoms with Gasteiger partial charge in [0.25, 0.3) is 0 Å². The molecule has 0 radical (unpaired) electrons. The predicted octanol–water partition coefficient (Wildman–Crippen LogP) is 1.59. The minimum absolute atomic E-state index is 0.397. The van der Waals surface area contributed by atoms with E-state index in [4.69, 9.17) is 0 Å². The minimum atomic E-state index is -0.397. The van der Waals surface area contributed by atoms with Crippen molar-refractivity contribution in [3.8, 4) is 5.69 Å². The summed E-state index contributed by atoms with van der Waals surface area (Å²) in [5, 5.41) is 8.23. The van der Waals surface area contributed by atoms with Crippen LogP contribution in [-0.4, -0.2) is 21.1 Å². The second-order valence-corrected chi connectivity index (χ2v) is 4.07. The molecule has 1 saturated carbocycles. The maximum Gasteiger partial charge on any atom is 0.235 e. The van der Waals surface area contributed by atoms with Gasteiger partial charge in [0, 0.05) is 5.56 Å². The molecule has 2 aromatic rings. The zero-order valence-electron chi connectivity index (χ0n) is 9.08. The van der Waals surface area contributed by atoms with Gasteiger partial charge in [0.1, 0.15) is 5.54 Å². The SMILES string of the molecule is O=C=NC1(c2ccccc2-n2nccn2)CC1. The lowest BCUT2D eigenvalue weighted by molar-refractivity contribution is 0.555. The van der Waals surface area contributed by atoms with Crippen LogP contribution in [0, 0.1) is 0 Å². The normalized spacial score (nSPS) is 16.2. The second-order valence-electron chi connectivity index (χ2n) is 4.07. The van der Waals surface area contributed by atoms with Crippen LogP contribution in [0.4, 0.5) is 0 Å². The van der Waals surface area contributed by atoms with E-state index in [1.165, 1.54) is 0 Å². The maximum absolute atomic E-state index is 10.5. The lowest BCUT2D eigenvalue weighted by Gasteiger charge is -2.12. The number of hydrogen-bond donors (Lipinski definition) is 0. The molecule has 0 atom stereocenters. The van der Waals surface area contributed by atoms with Crippen molar-refractivity contribution in [1.82, 2.24) is 15.0 Å². The van der Waals surface area contributed by atoms with Crippen LogP contribution in [0.3, 0.4) is 0 Å². The molecule has 1 aliphatic rings. The van der Waals surface area contributed by atoms with Crippen molar-refractivity contribution >= 4 is 6.08 Å². The summed E-state index contributed by atoms with van der Waals surface area (Å²) in [6.07, 6.45) is 6.67. The van der Waals surface area contributed by atoms with Gasteiger partial charge in [-0.25, -0.2) is 4.79 Å². The Kier molecular flexibility index (Phi) is 2.13. The average Bonchev–Trinajstić information content (AvgIpc) is 2.94. The Morgan fingerprint density at radius 2 is 1.94 bits per heavy atom. The molecule has 17 heavy (non-hydrogen) atoms. The Hall–Kier alpha value is -2.26. The molecule has 1 heterocycles. The summed E-state index contributed by atoms with van der Waals surface area (Å²) in [4.78, 5) is 16.0. The molecule has 5 heteroatoms. The molecule has 0 unspecified atom stereocenters. The number of hydrogen-bond acceptors (Lipinski definition) is 4. The summed E-state index contributed by atoms with van der Waals surface area (Å²) in [7, 11) is 0. The number of benzene rings is 1. The Morgan fingerprint density at radius 1 is 1.24 bits per heavy atom. The van der Waals surface area contributed by atoms with E-state index < -0.39 is 5.54 Å². The maximum atomic E-state index is 10.5.